The van der Waals surface area contributed by atoms with Crippen LogP contribution in [0.2, 0.25) is 0 Å². The number of carbonyl (C=O) groups excluding carboxylic acids is 4. The molecule has 2 aliphatic heterocycles. The highest BCUT2D eigenvalue weighted by molar-refractivity contribution is 6.25. The molecule has 1 atom stereocenters. The van der Waals surface area contributed by atoms with Gasteiger partial charge in [0.25, 0.3) is 11.8 Å². The van der Waals surface area contributed by atoms with Crippen LogP contribution in [-0.4, -0.2) is 173 Å². The number of hydrogen-bond donors (Lipinski definition) is 2. The van der Waals surface area contributed by atoms with Crippen LogP contribution >= 0.6 is 0 Å². The summed E-state index contributed by atoms with van der Waals surface area (Å²) in [5.41, 5.74) is 0.912. The van der Waals surface area contributed by atoms with Crippen molar-refractivity contribution in [3.8, 4) is 0 Å². The van der Waals surface area contributed by atoms with Crippen molar-refractivity contribution in [1.29, 1.82) is 0 Å². The van der Waals surface area contributed by atoms with Gasteiger partial charge >= 0.3 is 0 Å². The first-order valence-electron chi connectivity index (χ1n) is 19.4. The molecule has 0 aliphatic carbocycles. The van der Waals surface area contributed by atoms with Crippen LogP contribution in [0.15, 0.2) is 18.2 Å². The van der Waals surface area contributed by atoms with Crippen LogP contribution in [0.3, 0.4) is 0 Å². The van der Waals surface area contributed by atoms with Gasteiger partial charge in [0.2, 0.25) is 11.8 Å². The summed E-state index contributed by atoms with van der Waals surface area (Å²) in [6.07, 6.45) is 3.68. The van der Waals surface area contributed by atoms with Gasteiger partial charge in [0.15, 0.2) is 0 Å². The Morgan fingerprint density at radius 3 is 1.45 bits per heavy atom. The Kier molecular flexibility index (Phi) is 25.3. The predicted octanol–water partition coefficient (Wildman–Crippen LogP) is 1.86. The third-order valence-corrected chi connectivity index (χ3v) is 8.27. The van der Waals surface area contributed by atoms with E-state index < -0.39 is 29.7 Å². The van der Waals surface area contributed by atoms with Crippen LogP contribution in [0.1, 0.15) is 59.7 Å². The van der Waals surface area contributed by atoms with Gasteiger partial charge in [0, 0.05) is 25.3 Å². The van der Waals surface area contributed by atoms with Crippen LogP contribution in [0.5, 0.6) is 0 Å². The molecule has 4 amide bonds. The lowest BCUT2D eigenvalue weighted by atomic mass is 10.0. The van der Waals surface area contributed by atoms with E-state index in [0.29, 0.717) is 138 Å². The van der Waals surface area contributed by atoms with E-state index in [1.165, 1.54) is 12.8 Å². The highest BCUT2D eigenvalue weighted by Crippen LogP contribution is 2.32. The van der Waals surface area contributed by atoms with Gasteiger partial charge in [-0.2, -0.15) is 0 Å². The molecule has 0 radical (unpaired) electrons. The number of anilines is 1. The van der Waals surface area contributed by atoms with E-state index in [0.717, 1.165) is 17.9 Å². The minimum Gasteiger partial charge on any atom is -0.382 e. The third-order valence-electron chi connectivity index (χ3n) is 8.27. The Morgan fingerprint density at radius 2 is 1.02 bits per heavy atom. The van der Waals surface area contributed by atoms with Crippen molar-refractivity contribution in [2.24, 2.45) is 0 Å². The van der Waals surface area contributed by atoms with Crippen molar-refractivity contribution >= 4 is 29.3 Å². The Balaban J connectivity index is 1.01. The minimum atomic E-state index is -1.01. The van der Waals surface area contributed by atoms with Gasteiger partial charge < -0.3 is 52.7 Å². The Hall–Kier alpha value is -3.10. The molecule has 1 fully saturated rings. The minimum absolute atomic E-state index is 0.0669. The summed E-state index contributed by atoms with van der Waals surface area (Å²) in [6.45, 7) is 12.5. The van der Waals surface area contributed by atoms with E-state index in [1.807, 2.05) is 0 Å². The summed E-state index contributed by atoms with van der Waals surface area (Å²) in [4.78, 5) is 50.9. The fourth-order valence-corrected chi connectivity index (χ4v) is 5.46. The Labute approximate surface area is 324 Å². The number of rotatable bonds is 36. The highest BCUT2D eigenvalue weighted by Gasteiger charge is 2.45. The van der Waals surface area contributed by atoms with Crippen LogP contribution in [-0.2, 0) is 57.0 Å². The maximum atomic E-state index is 13.2. The van der Waals surface area contributed by atoms with Gasteiger partial charge in [-0.15, -0.1) is 0 Å². The van der Waals surface area contributed by atoms with Crippen molar-refractivity contribution < 1.29 is 66.5 Å². The number of nitrogens with one attached hydrogen (secondary N) is 2. The average Bonchev–Trinajstić information content (AvgIpc) is 3.44. The molecule has 1 aromatic rings. The van der Waals surface area contributed by atoms with Gasteiger partial charge in [-0.05, 0) is 25.0 Å². The predicted molar refractivity (Wildman–Crippen MR) is 199 cm³/mol. The molecule has 17 heteroatoms. The second-order valence-electron chi connectivity index (χ2n) is 12.4. The lowest BCUT2D eigenvalue weighted by Crippen LogP contribution is -2.54. The molecule has 0 bridgehead atoms. The quantitative estimate of drug-likeness (QED) is 0.0741. The summed E-state index contributed by atoms with van der Waals surface area (Å²) in [5.74, 6) is -2.16. The van der Waals surface area contributed by atoms with Crippen LogP contribution in [0, 0.1) is 0 Å². The average molecular weight is 784 g/mol. The molecule has 2 aliphatic rings. The molecule has 1 aromatic carbocycles. The van der Waals surface area contributed by atoms with Crippen LogP contribution in [0.4, 0.5) is 5.69 Å². The first-order valence-corrected chi connectivity index (χ1v) is 19.4. The zero-order chi connectivity index (χ0) is 39.2. The van der Waals surface area contributed by atoms with Crippen LogP contribution < -0.4 is 10.6 Å². The number of nitrogens with zero attached hydrogens (tertiary/aromatic N) is 1. The molecule has 2 N–H and O–H groups in total. The molecule has 1 saturated heterocycles. The fourth-order valence-electron chi connectivity index (χ4n) is 5.46. The van der Waals surface area contributed by atoms with E-state index in [4.69, 9.17) is 47.4 Å². The van der Waals surface area contributed by atoms with E-state index in [1.54, 1.807) is 18.2 Å². The molecule has 17 nitrogen and oxygen atoms in total. The molecule has 0 saturated carbocycles. The largest absolute Gasteiger partial charge is 0.382 e. The Morgan fingerprint density at radius 1 is 0.582 bits per heavy atom. The van der Waals surface area contributed by atoms with Crippen LogP contribution in [0.25, 0.3) is 0 Å². The lowest BCUT2D eigenvalue weighted by molar-refractivity contribution is -0.136. The van der Waals surface area contributed by atoms with E-state index in [2.05, 4.69) is 17.6 Å². The number of hydrogen-bond acceptors (Lipinski definition) is 15. The van der Waals surface area contributed by atoms with Crippen molar-refractivity contribution in [1.82, 2.24) is 10.2 Å². The topological polar surface area (TPSA) is 188 Å². The molecular weight excluding hydrogens is 722 g/mol. The number of unbranched alkanes of at least 4 members (excludes halogenated alkanes) is 2. The summed E-state index contributed by atoms with van der Waals surface area (Å²) >= 11 is 0. The number of fused-ring (bicyclic) bond motifs is 1. The maximum absolute atomic E-state index is 13.2. The van der Waals surface area contributed by atoms with Gasteiger partial charge in [0.05, 0.1) is 137 Å². The normalized spacial score (nSPS) is 15.6. The maximum Gasteiger partial charge on any atom is 0.264 e. The first kappa shape index (κ1) is 46.3. The number of carbonyl (C=O) groups is 4. The summed E-state index contributed by atoms with van der Waals surface area (Å²) < 4.78 is 55.0. The number of benzene rings is 1. The second-order valence-corrected chi connectivity index (χ2v) is 12.4. The van der Waals surface area contributed by atoms with Gasteiger partial charge in [-0.25, -0.2) is 0 Å². The smallest absolute Gasteiger partial charge is 0.264 e. The zero-order valence-corrected chi connectivity index (χ0v) is 32.4. The number of imide groups is 2. The summed E-state index contributed by atoms with van der Waals surface area (Å²) in [5, 5.41) is 5.33. The number of ether oxygens (including phenoxy) is 10. The molecule has 1 unspecified atom stereocenters. The van der Waals surface area contributed by atoms with Gasteiger partial charge in [0.1, 0.15) is 6.04 Å². The molecule has 0 spiro atoms. The highest BCUT2D eigenvalue weighted by atomic mass is 16.6. The Bertz CT molecular complexity index is 1240. The van der Waals surface area contributed by atoms with Crippen molar-refractivity contribution in [3.05, 3.63) is 29.3 Å². The number of amides is 4. The fraction of sp³-hybridized carbons (Fsp3) is 0.737. The lowest BCUT2D eigenvalue weighted by Gasteiger charge is -2.27. The summed E-state index contributed by atoms with van der Waals surface area (Å²) in [7, 11) is 0. The second kappa shape index (κ2) is 30.1. The van der Waals surface area contributed by atoms with Crippen molar-refractivity contribution in [2.45, 2.75) is 45.1 Å². The van der Waals surface area contributed by atoms with E-state index in [-0.39, 0.29) is 24.0 Å². The third kappa shape index (κ3) is 19.1. The SMILES string of the molecule is CCCCCOCCOCCOCCOCCOCCOCCOCCOCCOCCOCCNc1cccc2c1C(=O)N(C1CCC(=O)NC1=O)C2=O. The zero-order valence-electron chi connectivity index (χ0n) is 32.4. The van der Waals surface area contributed by atoms with E-state index in [9.17, 15) is 19.2 Å². The molecular formula is C38H61N3O14. The molecule has 55 heavy (non-hydrogen) atoms. The van der Waals surface area contributed by atoms with Gasteiger partial charge in [-0.1, -0.05) is 25.8 Å². The first-order chi connectivity index (χ1) is 27.0. The molecule has 0 aromatic heterocycles. The molecule has 312 valence electrons. The van der Waals surface area contributed by atoms with Crippen molar-refractivity contribution in [2.75, 3.05) is 144 Å². The standard InChI is InChI=1S/C38H61N3O14/c1-2-3-4-11-46-13-15-48-17-19-50-21-23-52-25-27-54-29-30-55-28-26-53-24-22-51-20-18-49-16-14-47-12-10-39-32-7-5-6-31-35(32)38(45)41(37(31)44)33-8-9-34(42)40-36(33)43/h5-7,33,39H,2-4,8-30H2,1H3,(H,40,42,43). The monoisotopic (exact) mass is 783 g/mol. The van der Waals surface area contributed by atoms with Crippen molar-refractivity contribution in [3.63, 3.8) is 0 Å². The van der Waals surface area contributed by atoms with E-state index >= 15 is 0 Å². The van der Waals surface area contributed by atoms with Gasteiger partial charge in [-0.3, -0.25) is 29.4 Å². The molecule has 2 heterocycles. The molecule has 3 rings (SSSR count). The summed E-state index contributed by atoms with van der Waals surface area (Å²) in [6, 6.07) is 3.91. The number of piperidine rings is 1.